The minimum Gasteiger partial charge on any atom is -0.433 e. The van der Waals surface area contributed by atoms with Crippen LogP contribution in [0.2, 0.25) is 0 Å². The van der Waals surface area contributed by atoms with Crippen molar-refractivity contribution in [3.63, 3.8) is 0 Å². The zero-order chi connectivity index (χ0) is 6.69. The Hall–Kier alpha value is -1.24. The van der Waals surface area contributed by atoms with Crippen molar-refractivity contribution in [1.29, 1.82) is 5.26 Å². The summed E-state index contributed by atoms with van der Waals surface area (Å²) in [6, 6.07) is 1.92. The van der Waals surface area contributed by atoms with Crippen LogP contribution in [0.25, 0.3) is 0 Å². The van der Waals surface area contributed by atoms with Crippen LogP contribution < -0.4 is 0 Å². The summed E-state index contributed by atoms with van der Waals surface area (Å²) in [5.41, 5.74) is 0. The standard InChI is InChI=1S/C5H5NO3/c6-1-4-2-8-5(7)9-3-4/h4H,2-3H2. The third-order valence-corrected chi connectivity index (χ3v) is 0.987. The van der Waals surface area contributed by atoms with Gasteiger partial charge in [0, 0.05) is 0 Å². The molecule has 0 N–H and O–H groups in total. The molecule has 1 heterocycles. The van der Waals surface area contributed by atoms with Crippen LogP contribution in [0, 0.1) is 17.2 Å². The fourth-order valence-corrected chi connectivity index (χ4v) is 0.502. The molecular weight excluding hydrogens is 122 g/mol. The topological polar surface area (TPSA) is 59.3 Å². The molecule has 0 aromatic heterocycles. The van der Waals surface area contributed by atoms with Gasteiger partial charge in [-0.15, -0.1) is 0 Å². The Balaban J connectivity index is 2.37. The van der Waals surface area contributed by atoms with E-state index < -0.39 is 6.16 Å². The lowest BCUT2D eigenvalue weighted by Crippen LogP contribution is -2.26. The third kappa shape index (κ3) is 1.32. The second-order valence-corrected chi connectivity index (χ2v) is 1.70. The highest BCUT2D eigenvalue weighted by Crippen LogP contribution is 2.04. The van der Waals surface area contributed by atoms with Gasteiger partial charge in [-0.2, -0.15) is 5.26 Å². The molecule has 4 nitrogen and oxygen atoms in total. The highest BCUT2D eigenvalue weighted by molar-refractivity contribution is 5.60. The number of ether oxygens (including phenoxy) is 2. The van der Waals surface area contributed by atoms with Gasteiger partial charge >= 0.3 is 6.16 Å². The minimum absolute atomic E-state index is 0.162. The average molecular weight is 127 g/mol. The molecule has 1 rings (SSSR count). The molecule has 0 saturated carbocycles. The van der Waals surface area contributed by atoms with Gasteiger partial charge in [0.2, 0.25) is 0 Å². The number of nitriles is 1. The monoisotopic (exact) mass is 127 g/mol. The molecule has 1 aliphatic heterocycles. The lowest BCUT2D eigenvalue weighted by molar-refractivity contribution is 0.00165. The van der Waals surface area contributed by atoms with Crippen molar-refractivity contribution in [1.82, 2.24) is 0 Å². The van der Waals surface area contributed by atoms with E-state index in [9.17, 15) is 4.79 Å². The first kappa shape index (κ1) is 5.89. The summed E-state index contributed by atoms with van der Waals surface area (Å²) in [5, 5.41) is 8.26. The molecule has 1 aliphatic rings. The van der Waals surface area contributed by atoms with E-state index >= 15 is 0 Å². The Morgan fingerprint density at radius 1 is 1.56 bits per heavy atom. The minimum atomic E-state index is -0.679. The van der Waals surface area contributed by atoms with E-state index in [0.29, 0.717) is 0 Å². The Morgan fingerprint density at radius 2 is 2.11 bits per heavy atom. The number of nitrogens with zero attached hydrogens (tertiary/aromatic N) is 1. The molecule has 0 aromatic rings. The predicted molar refractivity (Wildman–Crippen MR) is 26.4 cm³/mol. The summed E-state index contributed by atoms with van der Waals surface area (Å²) < 4.78 is 8.80. The van der Waals surface area contributed by atoms with Gasteiger partial charge in [-0.1, -0.05) is 0 Å². The van der Waals surface area contributed by atoms with Crippen LogP contribution in [0.15, 0.2) is 0 Å². The molecule has 0 spiro atoms. The molecule has 0 aromatic carbocycles. The summed E-state index contributed by atoms with van der Waals surface area (Å²) in [4.78, 5) is 10.2. The zero-order valence-corrected chi connectivity index (χ0v) is 4.66. The van der Waals surface area contributed by atoms with Crippen molar-refractivity contribution < 1.29 is 14.3 Å². The van der Waals surface area contributed by atoms with Crippen molar-refractivity contribution in [3.8, 4) is 6.07 Å². The van der Waals surface area contributed by atoms with Crippen molar-refractivity contribution in [3.05, 3.63) is 0 Å². The van der Waals surface area contributed by atoms with Gasteiger partial charge < -0.3 is 9.47 Å². The first-order valence-corrected chi connectivity index (χ1v) is 2.52. The molecule has 9 heavy (non-hydrogen) atoms. The first-order valence-electron chi connectivity index (χ1n) is 2.52. The lowest BCUT2D eigenvalue weighted by atomic mass is 10.2. The lowest BCUT2D eigenvalue weighted by Gasteiger charge is -2.15. The van der Waals surface area contributed by atoms with E-state index in [0.717, 1.165) is 0 Å². The Labute approximate surface area is 52.0 Å². The second-order valence-electron chi connectivity index (χ2n) is 1.70. The molecule has 1 saturated heterocycles. The summed E-state index contributed by atoms with van der Waals surface area (Å²) in [7, 11) is 0. The summed E-state index contributed by atoms with van der Waals surface area (Å²) in [6.45, 7) is 0.324. The number of hydrogen-bond acceptors (Lipinski definition) is 4. The van der Waals surface area contributed by atoms with E-state index in [4.69, 9.17) is 5.26 Å². The van der Waals surface area contributed by atoms with E-state index in [1.807, 2.05) is 6.07 Å². The quantitative estimate of drug-likeness (QED) is 0.439. The highest BCUT2D eigenvalue weighted by Gasteiger charge is 2.19. The fraction of sp³-hybridized carbons (Fsp3) is 0.600. The number of hydrogen-bond donors (Lipinski definition) is 0. The Morgan fingerprint density at radius 3 is 2.56 bits per heavy atom. The molecule has 48 valence electrons. The molecule has 1 fully saturated rings. The Kier molecular flexibility index (Phi) is 1.54. The van der Waals surface area contributed by atoms with Gasteiger partial charge in [-0.25, -0.2) is 4.79 Å². The third-order valence-electron chi connectivity index (χ3n) is 0.987. The molecule has 4 heteroatoms. The van der Waals surface area contributed by atoms with Crippen LogP contribution in [0.3, 0.4) is 0 Å². The Bertz CT molecular complexity index is 150. The largest absolute Gasteiger partial charge is 0.508 e. The van der Waals surface area contributed by atoms with Crippen LogP contribution in [-0.4, -0.2) is 19.4 Å². The smallest absolute Gasteiger partial charge is 0.433 e. The number of rotatable bonds is 0. The average Bonchev–Trinajstić information content (AvgIpc) is 1.90. The van der Waals surface area contributed by atoms with Crippen molar-refractivity contribution in [2.75, 3.05) is 13.2 Å². The van der Waals surface area contributed by atoms with Crippen LogP contribution >= 0.6 is 0 Å². The SMILES string of the molecule is N#CC1COC(=O)OC1. The number of carbonyl (C=O) groups is 1. The van der Waals surface area contributed by atoms with Crippen LogP contribution in [0.1, 0.15) is 0 Å². The highest BCUT2D eigenvalue weighted by atomic mass is 16.7. The van der Waals surface area contributed by atoms with Crippen LogP contribution in [0.4, 0.5) is 4.79 Å². The number of cyclic esters (lactones) is 2. The molecule has 0 bridgehead atoms. The van der Waals surface area contributed by atoms with Crippen molar-refractivity contribution >= 4 is 6.16 Å². The van der Waals surface area contributed by atoms with Gasteiger partial charge in [0.15, 0.2) is 0 Å². The molecule has 0 radical (unpaired) electrons. The van der Waals surface area contributed by atoms with E-state index in [-0.39, 0.29) is 19.1 Å². The normalized spacial score (nSPS) is 19.7. The van der Waals surface area contributed by atoms with Gasteiger partial charge in [-0.3, -0.25) is 0 Å². The van der Waals surface area contributed by atoms with Gasteiger partial charge in [0.25, 0.3) is 0 Å². The first-order chi connectivity index (χ1) is 4.33. The predicted octanol–water partition coefficient (Wildman–Crippen LogP) is 0.293. The van der Waals surface area contributed by atoms with Gasteiger partial charge in [-0.05, 0) is 0 Å². The zero-order valence-electron chi connectivity index (χ0n) is 4.66. The van der Waals surface area contributed by atoms with E-state index in [1.54, 1.807) is 0 Å². The van der Waals surface area contributed by atoms with E-state index in [2.05, 4.69) is 9.47 Å². The molecule has 0 amide bonds. The second kappa shape index (κ2) is 2.35. The summed E-state index contributed by atoms with van der Waals surface area (Å²) in [5.74, 6) is -0.289. The van der Waals surface area contributed by atoms with Crippen LogP contribution in [0.5, 0.6) is 0 Å². The van der Waals surface area contributed by atoms with Crippen LogP contribution in [-0.2, 0) is 9.47 Å². The fourth-order valence-electron chi connectivity index (χ4n) is 0.502. The maximum Gasteiger partial charge on any atom is 0.508 e. The summed E-state index contributed by atoms with van der Waals surface area (Å²) >= 11 is 0. The summed E-state index contributed by atoms with van der Waals surface area (Å²) in [6.07, 6.45) is -0.679. The van der Waals surface area contributed by atoms with Gasteiger partial charge in [0.1, 0.15) is 19.1 Å². The van der Waals surface area contributed by atoms with E-state index in [1.165, 1.54) is 0 Å². The van der Waals surface area contributed by atoms with Crippen molar-refractivity contribution in [2.24, 2.45) is 5.92 Å². The molecular formula is C5H5NO3. The molecule has 0 unspecified atom stereocenters. The maximum absolute atomic E-state index is 10.2. The molecule has 0 aliphatic carbocycles. The number of carbonyl (C=O) groups excluding carboxylic acids is 1. The maximum atomic E-state index is 10.2. The van der Waals surface area contributed by atoms with Crippen molar-refractivity contribution in [2.45, 2.75) is 0 Å². The molecule has 0 atom stereocenters. The van der Waals surface area contributed by atoms with Gasteiger partial charge in [0.05, 0.1) is 6.07 Å².